The summed E-state index contributed by atoms with van der Waals surface area (Å²) in [6.07, 6.45) is 5.23. The molecule has 1 aromatic rings. The van der Waals surface area contributed by atoms with Gasteiger partial charge in [0.1, 0.15) is 5.69 Å². The summed E-state index contributed by atoms with van der Waals surface area (Å²) in [7, 11) is 0. The SMILES string of the molecule is CCC(CNC(=O)c1cc(Cl)c[nH]1)N1CCCC1. The van der Waals surface area contributed by atoms with Crippen LogP contribution in [0.25, 0.3) is 0 Å². The molecular formula is C13H20ClN3O. The van der Waals surface area contributed by atoms with E-state index in [0.29, 0.717) is 23.3 Å². The van der Waals surface area contributed by atoms with Gasteiger partial charge in [0.25, 0.3) is 5.91 Å². The lowest BCUT2D eigenvalue weighted by atomic mass is 10.2. The Morgan fingerprint density at radius 3 is 2.83 bits per heavy atom. The molecule has 1 unspecified atom stereocenters. The zero-order chi connectivity index (χ0) is 13.0. The van der Waals surface area contributed by atoms with E-state index in [4.69, 9.17) is 11.6 Å². The fourth-order valence-electron chi connectivity index (χ4n) is 2.44. The summed E-state index contributed by atoms with van der Waals surface area (Å²) < 4.78 is 0. The first-order chi connectivity index (χ1) is 8.70. The lowest BCUT2D eigenvalue weighted by Crippen LogP contribution is -2.42. The molecule has 4 nitrogen and oxygen atoms in total. The Morgan fingerprint density at radius 1 is 1.56 bits per heavy atom. The number of carbonyl (C=O) groups excluding carboxylic acids is 1. The third-order valence-corrected chi connectivity index (χ3v) is 3.74. The molecule has 2 rings (SSSR count). The van der Waals surface area contributed by atoms with Crippen molar-refractivity contribution in [1.29, 1.82) is 0 Å². The van der Waals surface area contributed by atoms with E-state index in [1.807, 2.05) is 0 Å². The highest BCUT2D eigenvalue weighted by molar-refractivity contribution is 6.30. The second-order valence-electron chi connectivity index (χ2n) is 4.75. The molecule has 0 spiro atoms. The third kappa shape index (κ3) is 3.27. The van der Waals surface area contributed by atoms with Crippen molar-refractivity contribution in [3.63, 3.8) is 0 Å². The van der Waals surface area contributed by atoms with E-state index in [1.165, 1.54) is 12.8 Å². The van der Waals surface area contributed by atoms with Crippen LogP contribution in [0.3, 0.4) is 0 Å². The molecule has 18 heavy (non-hydrogen) atoms. The number of likely N-dealkylation sites (tertiary alicyclic amines) is 1. The Kier molecular flexibility index (Phi) is 4.66. The molecule has 1 saturated heterocycles. The van der Waals surface area contributed by atoms with Gasteiger partial charge >= 0.3 is 0 Å². The molecule has 1 fully saturated rings. The van der Waals surface area contributed by atoms with Crippen molar-refractivity contribution in [1.82, 2.24) is 15.2 Å². The first-order valence-corrected chi connectivity index (χ1v) is 6.94. The van der Waals surface area contributed by atoms with Crippen LogP contribution in [0.15, 0.2) is 12.3 Å². The standard InChI is InChI=1S/C13H20ClN3O/c1-2-11(17-5-3-4-6-17)9-16-13(18)12-7-10(14)8-15-12/h7-8,11,15H,2-6,9H2,1H3,(H,16,18). The number of hydrogen-bond acceptors (Lipinski definition) is 2. The number of rotatable bonds is 5. The van der Waals surface area contributed by atoms with Crippen molar-refractivity contribution in [2.24, 2.45) is 0 Å². The molecule has 0 bridgehead atoms. The molecule has 2 N–H and O–H groups in total. The van der Waals surface area contributed by atoms with Crippen LogP contribution in [0.2, 0.25) is 5.02 Å². The predicted octanol–water partition coefficient (Wildman–Crippen LogP) is 2.27. The summed E-state index contributed by atoms with van der Waals surface area (Å²) in [6, 6.07) is 2.09. The lowest BCUT2D eigenvalue weighted by molar-refractivity contribution is 0.0932. The van der Waals surface area contributed by atoms with Crippen molar-refractivity contribution in [2.75, 3.05) is 19.6 Å². The molecule has 100 valence electrons. The molecule has 0 radical (unpaired) electrons. The van der Waals surface area contributed by atoms with Crippen LogP contribution in [0.1, 0.15) is 36.7 Å². The Bertz CT molecular complexity index is 399. The highest BCUT2D eigenvalue weighted by Gasteiger charge is 2.21. The Balaban J connectivity index is 1.84. The number of halogens is 1. The number of amides is 1. The van der Waals surface area contributed by atoms with Crippen molar-refractivity contribution >= 4 is 17.5 Å². The van der Waals surface area contributed by atoms with E-state index in [1.54, 1.807) is 12.3 Å². The maximum atomic E-state index is 11.9. The van der Waals surface area contributed by atoms with Gasteiger partial charge in [-0.3, -0.25) is 9.69 Å². The number of hydrogen-bond donors (Lipinski definition) is 2. The maximum absolute atomic E-state index is 11.9. The zero-order valence-electron chi connectivity index (χ0n) is 10.7. The van der Waals surface area contributed by atoms with E-state index in [2.05, 4.69) is 22.1 Å². The molecule has 0 saturated carbocycles. The van der Waals surface area contributed by atoms with Crippen molar-refractivity contribution in [3.8, 4) is 0 Å². The first kappa shape index (κ1) is 13.4. The van der Waals surface area contributed by atoms with Crippen LogP contribution in [0.5, 0.6) is 0 Å². The predicted molar refractivity (Wildman–Crippen MR) is 73.0 cm³/mol. The summed E-state index contributed by atoms with van der Waals surface area (Å²) >= 11 is 5.78. The van der Waals surface area contributed by atoms with E-state index < -0.39 is 0 Å². The first-order valence-electron chi connectivity index (χ1n) is 6.57. The highest BCUT2D eigenvalue weighted by atomic mass is 35.5. The monoisotopic (exact) mass is 269 g/mol. The number of H-pyrrole nitrogens is 1. The second-order valence-corrected chi connectivity index (χ2v) is 5.18. The molecule has 5 heteroatoms. The Hall–Kier alpha value is -1.00. The van der Waals surface area contributed by atoms with Gasteiger partial charge in [0.15, 0.2) is 0 Å². The van der Waals surface area contributed by atoms with Crippen LogP contribution in [0.4, 0.5) is 0 Å². The van der Waals surface area contributed by atoms with Crippen LogP contribution < -0.4 is 5.32 Å². The normalized spacial score (nSPS) is 17.9. The quantitative estimate of drug-likeness (QED) is 0.862. The van der Waals surface area contributed by atoms with Crippen molar-refractivity contribution < 1.29 is 4.79 Å². The Morgan fingerprint density at radius 2 is 2.28 bits per heavy atom. The molecule has 2 heterocycles. The molecule has 1 aromatic heterocycles. The van der Waals surface area contributed by atoms with Crippen LogP contribution in [-0.2, 0) is 0 Å². The number of carbonyl (C=O) groups is 1. The fraction of sp³-hybridized carbons (Fsp3) is 0.615. The zero-order valence-corrected chi connectivity index (χ0v) is 11.5. The molecule has 1 aliphatic heterocycles. The van der Waals surface area contributed by atoms with Crippen molar-refractivity contribution in [3.05, 3.63) is 23.0 Å². The van der Waals surface area contributed by atoms with Crippen molar-refractivity contribution in [2.45, 2.75) is 32.2 Å². The summed E-state index contributed by atoms with van der Waals surface area (Å²) in [4.78, 5) is 17.2. The second kappa shape index (κ2) is 6.25. The number of aromatic amines is 1. The van der Waals surface area contributed by atoms with Gasteiger partial charge in [0.05, 0.1) is 5.02 Å². The molecule has 0 aromatic carbocycles. The average Bonchev–Trinajstić information content (AvgIpc) is 3.01. The van der Waals surface area contributed by atoms with Crippen LogP contribution in [0, 0.1) is 0 Å². The molecular weight excluding hydrogens is 250 g/mol. The summed E-state index contributed by atoms with van der Waals surface area (Å²) in [5, 5.41) is 3.53. The van der Waals surface area contributed by atoms with Gasteiger partial charge in [-0.1, -0.05) is 18.5 Å². The van der Waals surface area contributed by atoms with Gasteiger partial charge in [0.2, 0.25) is 0 Å². The minimum absolute atomic E-state index is 0.0838. The van der Waals surface area contributed by atoms with E-state index in [0.717, 1.165) is 19.5 Å². The molecule has 1 aliphatic rings. The van der Waals surface area contributed by atoms with E-state index in [9.17, 15) is 4.79 Å². The fourth-order valence-corrected chi connectivity index (χ4v) is 2.61. The summed E-state index contributed by atoms with van der Waals surface area (Å²) in [6.45, 7) is 5.18. The lowest BCUT2D eigenvalue weighted by Gasteiger charge is -2.26. The molecule has 1 amide bonds. The molecule has 0 aliphatic carbocycles. The summed E-state index contributed by atoms with van der Waals surface area (Å²) in [5.41, 5.74) is 0.524. The minimum Gasteiger partial charge on any atom is -0.356 e. The van der Waals surface area contributed by atoms with Crippen LogP contribution in [-0.4, -0.2) is 41.5 Å². The number of nitrogens with zero attached hydrogens (tertiary/aromatic N) is 1. The number of nitrogens with one attached hydrogen (secondary N) is 2. The minimum atomic E-state index is -0.0838. The highest BCUT2D eigenvalue weighted by Crippen LogP contribution is 2.14. The third-order valence-electron chi connectivity index (χ3n) is 3.52. The largest absolute Gasteiger partial charge is 0.356 e. The van der Waals surface area contributed by atoms with Gasteiger partial charge in [0, 0.05) is 18.8 Å². The van der Waals surface area contributed by atoms with Gasteiger partial charge in [-0.25, -0.2) is 0 Å². The van der Waals surface area contributed by atoms with Gasteiger partial charge in [-0.15, -0.1) is 0 Å². The molecule has 1 atom stereocenters. The van der Waals surface area contributed by atoms with E-state index >= 15 is 0 Å². The Labute approximate surface area is 113 Å². The summed E-state index contributed by atoms with van der Waals surface area (Å²) in [5.74, 6) is -0.0838. The van der Waals surface area contributed by atoms with Gasteiger partial charge in [-0.2, -0.15) is 0 Å². The topological polar surface area (TPSA) is 48.1 Å². The van der Waals surface area contributed by atoms with E-state index in [-0.39, 0.29) is 5.91 Å². The van der Waals surface area contributed by atoms with Crippen LogP contribution >= 0.6 is 11.6 Å². The number of aromatic nitrogens is 1. The maximum Gasteiger partial charge on any atom is 0.267 e. The van der Waals surface area contributed by atoms with Gasteiger partial charge < -0.3 is 10.3 Å². The average molecular weight is 270 g/mol. The smallest absolute Gasteiger partial charge is 0.267 e. The van der Waals surface area contributed by atoms with Gasteiger partial charge in [-0.05, 0) is 38.4 Å².